The van der Waals surface area contributed by atoms with Crippen molar-refractivity contribution in [2.24, 2.45) is 0 Å². The number of benzene rings is 1. The van der Waals surface area contributed by atoms with Gasteiger partial charge in [0.2, 0.25) is 0 Å². The van der Waals surface area contributed by atoms with Crippen LogP contribution in [0.2, 0.25) is 0 Å². The van der Waals surface area contributed by atoms with Crippen molar-refractivity contribution < 1.29 is 9.85 Å². The first-order valence-corrected chi connectivity index (χ1v) is 5.57. The molecule has 1 heterocycles. The summed E-state index contributed by atoms with van der Waals surface area (Å²) < 4.78 is 0. The molecule has 1 aromatic carbocycles. The zero-order valence-corrected chi connectivity index (χ0v) is 9.93. The Hall–Kier alpha value is -2.70. The maximum Gasteiger partial charge on any atom is 0.269 e. The van der Waals surface area contributed by atoms with Crippen molar-refractivity contribution in [3.63, 3.8) is 0 Å². The molecule has 0 aromatic heterocycles. The molecule has 1 aromatic rings. The first-order chi connectivity index (χ1) is 9.06. The molecule has 0 N–H and O–H groups in total. The number of nitro benzene ring substituents is 1. The zero-order chi connectivity index (χ0) is 13.8. The van der Waals surface area contributed by atoms with E-state index in [0.717, 1.165) is 5.56 Å². The monoisotopic (exact) mass is 261 g/mol. The fourth-order valence-corrected chi connectivity index (χ4v) is 1.75. The van der Waals surface area contributed by atoms with Crippen LogP contribution in [-0.2, 0) is 6.54 Å². The number of allylic oxidation sites excluding steroid dienone is 1. The molecule has 7 heteroatoms. The molecule has 0 aliphatic carbocycles. The second-order valence-corrected chi connectivity index (χ2v) is 4.06. The number of hydrogen-bond acceptors (Lipinski definition) is 5. The second-order valence-electron chi connectivity index (χ2n) is 4.06. The number of rotatable bonds is 4. The van der Waals surface area contributed by atoms with Crippen LogP contribution in [0.3, 0.4) is 0 Å². The van der Waals surface area contributed by atoms with Crippen LogP contribution in [-0.4, -0.2) is 14.7 Å². The van der Waals surface area contributed by atoms with Gasteiger partial charge in [0.05, 0.1) is 22.5 Å². The standard InChI is InChI=1S/C12H11N3O4/c16-14(17)11-5-3-10(4-6-11)8-13-7-1-2-12(9-13)15(18)19/h1,3-7,9H,2,8H2. The number of nitro groups is 2. The summed E-state index contributed by atoms with van der Waals surface area (Å²) in [7, 11) is 0. The van der Waals surface area contributed by atoms with Crippen molar-refractivity contribution in [1.82, 2.24) is 4.90 Å². The normalized spacial score (nSPS) is 14.1. The van der Waals surface area contributed by atoms with E-state index in [0.29, 0.717) is 13.0 Å². The first-order valence-electron chi connectivity index (χ1n) is 5.57. The lowest BCUT2D eigenvalue weighted by atomic mass is 10.2. The van der Waals surface area contributed by atoms with E-state index in [1.807, 2.05) is 0 Å². The van der Waals surface area contributed by atoms with Gasteiger partial charge in [0, 0.05) is 24.9 Å². The van der Waals surface area contributed by atoms with Crippen LogP contribution in [0.4, 0.5) is 5.69 Å². The van der Waals surface area contributed by atoms with E-state index in [-0.39, 0.29) is 11.4 Å². The Morgan fingerprint density at radius 3 is 2.37 bits per heavy atom. The van der Waals surface area contributed by atoms with Crippen LogP contribution < -0.4 is 0 Å². The fraction of sp³-hybridized carbons (Fsp3) is 0.167. The molecule has 1 aliphatic heterocycles. The summed E-state index contributed by atoms with van der Waals surface area (Å²) >= 11 is 0. The lowest BCUT2D eigenvalue weighted by Crippen LogP contribution is -2.15. The van der Waals surface area contributed by atoms with Gasteiger partial charge in [-0.15, -0.1) is 0 Å². The van der Waals surface area contributed by atoms with Gasteiger partial charge in [-0.05, 0) is 5.56 Å². The van der Waals surface area contributed by atoms with Crippen LogP contribution in [0, 0.1) is 20.2 Å². The molecule has 19 heavy (non-hydrogen) atoms. The minimum Gasteiger partial charge on any atom is -0.344 e. The molecule has 2 rings (SSSR count). The average Bonchev–Trinajstić information content (AvgIpc) is 2.39. The van der Waals surface area contributed by atoms with Gasteiger partial charge in [0.25, 0.3) is 11.4 Å². The molecule has 7 nitrogen and oxygen atoms in total. The fourth-order valence-electron chi connectivity index (χ4n) is 1.75. The third-order valence-electron chi connectivity index (χ3n) is 2.69. The molecule has 0 amide bonds. The highest BCUT2D eigenvalue weighted by molar-refractivity contribution is 5.33. The quantitative estimate of drug-likeness (QED) is 0.613. The Morgan fingerprint density at radius 1 is 1.11 bits per heavy atom. The van der Waals surface area contributed by atoms with Crippen molar-refractivity contribution >= 4 is 5.69 Å². The Morgan fingerprint density at radius 2 is 1.79 bits per heavy atom. The number of hydrogen-bond donors (Lipinski definition) is 0. The minimum atomic E-state index is -0.463. The molecule has 1 aliphatic rings. The van der Waals surface area contributed by atoms with E-state index in [2.05, 4.69) is 0 Å². The molecular formula is C12H11N3O4. The molecule has 98 valence electrons. The summed E-state index contributed by atoms with van der Waals surface area (Å²) in [5, 5.41) is 21.2. The van der Waals surface area contributed by atoms with Crippen molar-refractivity contribution in [3.05, 3.63) is 74.2 Å². The van der Waals surface area contributed by atoms with Crippen LogP contribution in [0.1, 0.15) is 12.0 Å². The van der Waals surface area contributed by atoms with Gasteiger partial charge in [0.1, 0.15) is 0 Å². The Labute approximate surface area is 108 Å². The van der Waals surface area contributed by atoms with Crippen LogP contribution >= 0.6 is 0 Å². The van der Waals surface area contributed by atoms with E-state index >= 15 is 0 Å². The molecule has 0 saturated carbocycles. The van der Waals surface area contributed by atoms with Crippen molar-refractivity contribution in [2.45, 2.75) is 13.0 Å². The molecule has 0 fully saturated rings. The molecule has 0 radical (unpaired) electrons. The van der Waals surface area contributed by atoms with E-state index < -0.39 is 9.85 Å². The van der Waals surface area contributed by atoms with Gasteiger partial charge in [-0.25, -0.2) is 0 Å². The second kappa shape index (κ2) is 5.30. The van der Waals surface area contributed by atoms with E-state index in [4.69, 9.17) is 0 Å². The summed E-state index contributed by atoms with van der Waals surface area (Å²) in [4.78, 5) is 22.0. The number of nitrogens with zero attached hydrogens (tertiary/aromatic N) is 3. The Balaban J connectivity index is 2.08. The largest absolute Gasteiger partial charge is 0.344 e. The topological polar surface area (TPSA) is 89.5 Å². The molecular weight excluding hydrogens is 250 g/mol. The predicted octanol–water partition coefficient (Wildman–Crippen LogP) is 2.43. The summed E-state index contributed by atoms with van der Waals surface area (Å²) in [5.41, 5.74) is 1.000. The summed E-state index contributed by atoms with van der Waals surface area (Å²) in [6, 6.07) is 6.11. The van der Waals surface area contributed by atoms with Gasteiger partial charge in [0.15, 0.2) is 0 Å². The highest BCUT2D eigenvalue weighted by atomic mass is 16.6. The highest BCUT2D eigenvalue weighted by Gasteiger charge is 2.15. The van der Waals surface area contributed by atoms with Crippen molar-refractivity contribution in [1.29, 1.82) is 0 Å². The molecule has 0 bridgehead atoms. The van der Waals surface area contributed by atoms with Gasteiger partial charge in [-0.2, -0.15) is 0 Å². The minimum absolute atomic E-state index is 0.0273. The van der Waals surface area contributed by atoms with E-state index in [1.165, 1.54) is 18.3 Å². The zero-order valence-electron chi connectivity index (χ0n) is 9.93. The summed E-state index contributed by atoms with van der Waals surface area (Å²) in [5.74, 6) is 0. The Kier molecular flexibility index (Phi) is 3.56. The van der Waals surface area contributed by atoms with Gasteiger partial charge < -0.3 is 4.90 Å². The predicted molar refractivity (Wildman–Crippen MR) is 67.5 cm³/mol. The molecule has 0 atom stereocenters. The first kappa shape index (κ1) is 12.7. The molecule has 0 unspecified atom stereocenters. The molecule has 0 spiro atoms. The Bertz CT molecular complexity index is 563. The maximum atomic E-state index is 10.7. The van der Waals surface area contributed by atoms with Gasteiger partial charge in [-0.1, -0.05) is 18.2 Å². The van der Waals surface area contributed by atoms with E-state index in [1.54, 1.807) is 29.3 Å². The lowest BCUT2D eigenvalue weighted by Gasteiger charge is -2.18. The SMILES string of the molecule is O=[N+]([O-])C1=CN(Cc2ccc([N+](=O)[O-])cc2)C=CC1. The van der Waals surface area contributed by atoms with Crippen LogP contribution in [0.25, 0.3) is 0 Å². The smallest absolute Gasteiger partial charge is 0.269 e. The van der Waals surface area contributed by atoms with Gasteiger partial charge in [-0.3, -0.25) is 20.2 Å². The van der Waals surface area contributed by atoms with Crippen LogP contribution in [0.15, 0.2) is 48.4 Å². The average molecular weight is 261 g/mol. The summed E-state index contributed by atoms with van der Waals surface area (Å²) in [6.07, 6.45) is 5.25. The maximum absolute atomic E-state index is 10.7. The van der Waals surface area contributed by atoms with E-state index in [9.17, 15) is 20.2 Å². The number of non-ortho nitro benzene ring substituents is 1. The van der Waals surface area contributed by atoms with Crippen molar-refractivity contribution in [2.75, 3.05) is 0 Å². The third-order valence-corrected chi connectivity index (χ3v) is 2.69. The molecule has 0 saturated heterocycles. The van der Waals surface area contributed by atoms with Crippen molar-refractivity contribution in [3.8, 4) is 0 Å². The van der Waals surface area contributed by atoms with Gasteiger partial charge >= 0.3 is 0 Å². The highest BCUT2D eigenvalue weighted by Crippen LogP contribution is 2.17. The lowest BCUT2D eigenvalue weighted by molar-refractivity contribution is -0.428. The summed E-state index contributed by atoms with van der Waals surface area (Å²) in [6.45, 7) is 0.436. The third kappa shape index (κ3) is 3.15. The van der Waals surface area contributed by atoms with Crippen LogP contribution in [0.5, 0.6) is 0 Å².